The van der Waals surface area contributed by atoms with E-state index in [-0.39, 0.29) is 0 Å². The third-order valence-electron chi connectivity index (χ3n) is 7.81. The van der Waals surface area contributed by atoms with Gasteiger partial charge in [0.15, 0.2) is 5.58 Å². The van der Waals surface area contributed by atoms with Crippen LogP contribution >= 0.6 is 0 Å². The molecule has 0 aliphatic rings. The molecule has 0 amide bonds. The number of hydrogen-bond acceptors (Lipinski definition) is 3. The molecule has 0 N–H and O–H groups in total. The quantitative estimate of drug-likeness (QED) is 0.218. The molecule has 3 nitrogen and oxygen atoms in total. The van der Waals surface area contributed by atoms with Crippen LogP contribution in [0.15, 0.2) is 162 Å². The summed E-state index contributed by atoms with van der Waals surface area (Å²) in [5.41, 5.74) is 11.4. The van der Waals surface area contributed by atoms with Crippen LogP contribution in [0.5, 0.6) is 0 Å². The summed E-state index contributed by atoms with van der Waals surface area (Å²) in [4.78, 5) is 7.33. The van der Waals surface area contributed by atoms with E-state index in [1.165, 1.54) is 22.3 Å². The molecule has 0 spiro atoms. The highest BCUT2D eigenvalue weighted by Gasteiger charge is 2.16. The summed E-state index contributed by atoms with van der Waals surface area (Å²) >= 11 is 0. The molecule has 0 saturated carbocycles. The van der Waals surface area contributed by atoms with Crippen LogP contribution in [-0.2, 0) is 0 Å². The van der Waals surface area contributed by atoms with E-state index in [2.05, 4.69) is 144 Å². The van der Waals surface area contributed by atoms with E-state index in [9.17, 15) is 0 Å². The number of benzene rings is 6. The molecule has 0 bridgehead atoms. The van der Waals surface area contributed by atoms with E-state index < -0.39 is 0 Å². The number of para-hydroxylation sites is 1. The first-order valence-electron chi connectivity index (χ1n) is 14.1. The van der Waals surface area contributed by atoms with Gasteiger partial charge in [0.2, 0.25) is 0 Å². The third-order valence-corrected chi connectivity index (χ3v) is 7.81. The fraction of sp³-hybridized carbons (Fsp3) is 0. The maximum absolute atomic E-state index is 6.18. The average molecular weight is 539 g/mol. The number of aromatic nitrogens is 1. The third kappa shape index (κ3) is 4.29. The second kappa shape index (κ2) is 10.1. The van der Waals surface area contributed by atoms with Gasteiger partial charge in [-0.3, -0.25) is 0 Å². The molecule has 0 atom stereocenters. The molecule has 3 heteroatoms. The van der Waals surface area contributed by atoms with Crippen LogP contribution in [-0.4, -0.2) is 4.98 Å². The lowest BCUT2D eigenvalue weighted by Gasteiger charge is -2.27. The lowest BCUT2D eigenvalue weighted by molar-refractivity contribution is 0.669. The second-order valence-electron chi connectivity index (χ2n) is 10.5. The molecule has 2 aromatic heterocycles. The maximum atomic E-state index is 6.18. The Balaban J connectivity index is 1.31. The predicted molar refractivity (Wildman–Crippen MR) is 175 cm³/mol. The SMILES string of the molecule is c1ccc(-c2cccc(N(c3cccc(-c4ccccc4)c3)c3ccc4nc5c(cc4c3)oc3ccccc35)c2)cc1. The van der Waals surface area contributed by atoms with Gasteiger partial charge in [-0.05, 0) is 82.9 Å². The molecule has 0 unspecified atom stereocenters. The zero-order chi connectivity index (χ0) is 27.9. The molecule has 42 heavy (non-hydrogen) atoms. The standard InChI is InChI=1S/C39H26N2O/c1-3-11-27(12-4-1)29-15-9-17-32(23-29)41(33-18-10-16-30(24-33)28-13-5-2-6-14-28)34-21-22-36-31(25-34)26-38-39(40-36)35-19-7-8-20-37(35)42-38/h1-26H. The van der Waals surface area contributed by atoms with Gasteiger partial charge in [-0.1, -0.05) is 97.1 Å². The highest BCUT2D eigenvalue weighted by Crippen LogP contribution is 2.40. The zero-order valence-electron chi connectivity index (χ0n) is 22.8. The van der Waals surface area contributed by atoms with Crippen molar-refractivity contribution in [3.63, 3.8) is 0 Å². The van der Waals surface area contributed by atoms with Crippen molar-refractivity contribution in [2.24, 2.45) is 0 Å². The van der Waals surface area contributed by atoms with E-state index in [4.69, 9.17) is 9.40 Å². The zero-order valence-corrected chi connectivity index (χ0v) is 22.8. The summed E-state index contributed by atoms with van der Waals surface area (Å²) in [5, 5.41) is 2.07. The number of furan rings is 1. The van der Waals surface area contributed by atoms with E-state index in [0.717, 1.165) is 50.0 Å². The first-order valence-corrected chi connectivity index (χ1v) is 14.1. The Hall–Kier alpha value is -5.67. The Morgan fingerprint density at radius 1 is 0.429 bits per heavy atom. The Bertz CT molecular complexity index is 2120. The van der Waals surface area contributed by atoms with E-state index in [0.29, 0.717) is 0 Å². The van der Waals surface area contributed by atoms with Gasteiger partial charge in [0.05, 0.1) is 5.52 Å². The number of fused-ring (bicyclic) bond motifs is 4. The first-order chi connectivity index (χ1) is 20.8. The lowest BCUT2D eigenvalue weighted by atomic mass is 10.0. The Kier molecular flexibility index (Phi) is 5.79. The molecule has 198 valence electrons. The van der Waals surface area contributed by atoms with Gasteiger partial charge in [-0.15, -0.1) is 0 Å². The van der Waals surface area contributed by atoms with Gasteiger partial charge in [-0.25, -0.2) is 4.98 Å². The van der Waals surface area contributed by atoms with Crippen molar-refractivity contribution in [3.05, 3.63) is 158 Å². The van der Waals surface area contributed by atoms with Gasteiger partial charge in [0, 0.05) is 27.8 Å². The van der Waals surface area contributed by atoms with Crippen LogP contribution < -0.4 is 4.90 Å². The summed E-state index contributed by atoms with van der Waals surface area (Å²) in [7, 11) is 0. The average Bonchev–Trinajstić information content (AvgIpc) is 3.42. The minimum Gasteiger partial charge on any atom is -0.454 e. The molecular formula is C39H26N2O. The van der Waals surface area contributed by atoms with Crippen molar-refractivity contribution in [1.29, 1.82) is 0 Å². The monoisotopic (exact) mass is 538 g/mol. The number of pyridine rings is 1. The van der Waals surface area contributed by atoms with Gasteiger partial charge in [0.1, 0.15) is 11.1 Å². The molecule has 8 aromatic rings. The molecule has 0 saturated heterocycles. The highest BCUT2D eigenvalue weighted by atomic mass is 16.3. The summed E-state index contributed by atoms with van der Waals surface area (Å²) in [6.45, 7) is 0. The minimum absolute atomic E-state index is 0.796. The van der Waals surface area contributed by atoms with E-state index in [1.807, 2.05) is 18.2 Å². The van der Waals surface area contributed by atoms with Crippen LogP contribution in [0, 0.1) is 0 Å². The first kappa shape index (κ1) is 24.2. The van der Waals surface area contributed by atoms with Crippen molar-refractivity contribution < 1.29 is 4.42 Å². The van der Waals surface area contributed by atoms with Crippen LogP contribution in [0.1, 0.15) is 0 Å². The smallest absolute Gasteiger partial charge is 0.154 e. The highest BCUT2D eigenvalue weighted by molar-refractivity contribution is 6.06. The lowest BCUT2D eigenvalue weighted by Crippen LogP contribution is -2.10. The maximum Gasteiger partial charge on any atom is 0.154 e. The normalized spacial score (nSPS) is 11.3. The van der Waals surface area contributed by atoms with Crippen LogP contribution in [0.3, 0.4) is 0 Å². The van der Waals surface area contributed by atoms with E-state index in [1.54, 1.807) is 0 Å². The van der Waals surface area contributed by atoms with Crippen molar-refractivity contribution in [1.82, 2.24) is 4.98 Å². The summed E-state index contributed by atoms with van der Waals surface area (Å²) in [5.74, 6) is 0. The van der Waals surface area contributed by atoms with Crippen LogP contribution in [0.2, 0.25) is 0 Å². The van der Waals surface area contributed by atoms with Gasteiger partial charge in [0.25, 0.3) is 0 Å². The minimum atomic E-state index is 0.796. The fourth-order valence-corrected chi connectivity index (χ4v) is 5.78. The number of nitrogens with zero attached hydrogens (tertiary/aromatic N) is 2. The Labute approximate surface area is 243 Å². The molecule has 0 radical (unpaired) electrons. The summed E-state index contributed by atoms with van der Waals surface area (Å²) < 4.78 is 6.18. The molecule has 2 heterocycles. The molecule has 6 aromatic carbocycles. The van der Waals surface area contributed by atoms with Crippen molar-refractivity contribution in [3.8, 4) is 22.3 Å². The van der Waals surface area contributed by atoms with Gasteiger partial charge >= 0.3 is 0 Å². The second-order valence-corrected chi connectivity index (χ2v) is 10.5. The van der Waals surface area contributed by atoms with Gasteiger partial charge < -0.3 is 9.32 Å². The van der Waals surface area contributed by atoms with Crippen LogP contribution in [0.4, 0.5) is 17.1 Å². The summed E-state index contributed by atoms with van der Waals surface area (Å²) in [6.07, 6.45) is 0. The van der Waals surface area contributed by atoms with Crippen molar-refractivity contribution >= 4 is 50.0 Å². The van der Waals surface area contributed by atoms with E-state index >= 15 is 0 Å². The molecule has 0 aliphatic carbocycles. The fourth-order valence-electron chi connectivity index (χ4n) is 5.78. The van der Waals surface area contributed by atoms with Crippen molar-refractivity contribution in [2.75, 3.05) is 4.90 Å². The number of hydrogen-bond donors (Lipinski definition) is 0. The molecule has 0 aliphatic heterocycles. The number of anilines is 3. The largest absolute Gasteiger partial charge is 0.454 e. The van der Waals surface area contributed by atoms with Gasteiger partial charge in [-0.2, -0.15) is 0 Å². The number of rotatable bonds is 5. The molecule has 8 rings (SSSR count). The predicted octanol–water partition coefficient (Wildman–Crippen LogP) is 10.9. The Morgan fingerprint density at radius 3 is 1.67 bits per heavy atom. The Morgan fingerprint density at radius 2 is 1.00 bits per heavy atom. The van der Waals surface area contributed by atoms with Crippen LogP contribution in [0.25, 0.3) is 55.2 Å². The topological polar surface area (TPSA) is 29.3 Å². The molecule has 0 fully saturated rings. The molecular weight excluding hydrogens is 512 g/mol. The van der Waals surface area contributed by atoms with Crippen molar-refractivity contribution in [2.45, 2.75) is 0 Å². The summed E-state index contributed by atoms with van der Waals surface area (Å²) in [6, 6.07) is 55.2.